The summed E-state index contributed by atoms with van der Waals surface area (Å²) in [6, 6.07) is 12.9. The molecule has 2 saturated heterocycles. The highest BCUT2D eigenvalue weighted by Gasteiger charge is 2.72. The Labute approximate surface area is 138 Å². The molecule has 0 N–H and O–H groups in total. The number of piperidine rings is 1. The highest BCUT2D eigenvalue weighted by Crippen LogP contribution is 2.63. The van der Waals surface area contributed by atoms with E-state index in [1.54, 1.807) is 0 Å². The van der Waals surface area contributed by atoms with Crippen LogP contribution in [0, 0.1) is 22.7 Å². The van der Waals surface area contributed by atoms with E-state index in [1.807, 2.05) is 6.07 Å². The lowest BCUT2D eigenvalue weighted by Gasteiger charge is -2.30. The Balaban J connectivity index is 1.41. The van der Waals surface area contributed by atoms with Crippen LogP contribution in [0.2, 0.25) is 0 Å². The highest BCUT2D eigenvalue weighted by molar-refractivity contribution is 5.28. The zero-order valence-electron chi connectivity index (χ0n) is 13.6. The third-order valence-corrected chi connectivity index (χ3v) is 5.84. The average Bonchev–Trinajstić information content (AvgIpc) is 3.00. The van der Waals surface area contributed by atoms with Crippen molar-refractivity contribution >= 4 is 0 Å². The minimum atomic E-state index is -0.0682. The molecular formula is C19H24N2O2. The van der Waals surface area contributed by atoms with E-state index in [2.05, 4.69) is 42.2 Å². The second kappa shape index (κ2) is 5.90. The van der Waals surface area contributed by atoms with Gasteiger partial charge in [0, 0.05) is 31.0 Å². The zero-order chi connectivity index (χ0) is 15.9. The van der Waals surface area contributed by atoms with Crippen molar-refractivity contribution < 1.29 is 9.47 Å². The molecule has 1 aromatic carbocycles. The van der Waals surface area contributed by atoms with E-state index in [-0.39, 0.29) is 23.9 Å². The minimum Gasteiger partial charge on any atom is -0.353 e. The number of hydrogen-bond donors (Lipinski definition) is 0. The predicted molar refractivity (Wildman–Crippen MR) is 86.3 cm³/mol. The van der Waals surface area contributed by atoms with Gasteiger partial charge in [0.15, 0.2) is 6.29 Å². The van der Waals surface area contributed by atoms with Gasteiger partial charge in [0.2, 0.25) is 0 Å². The highest BCUT2D eigenvalue weighted by atomic mass is 16.7. The lowest BCUT2D eigenvalue weighted by molar-refractivity contribution is -0.179. The van der Waals surface area contributed by atoms with Crippen molar-refractivity contribution in [2.24, 2.45) is 11.3 Å². The molecule has 2 heterocycles. The van der Waals surface area contributed by atoms with Crippen molar-refractivity contribution in [3.05, 3.63) is 35.9 Å². The summed E-state index contributed by atoms with van der Waals surface area (Å²) in [4.78, 5) is 2.31. The predicted octanol–water partition coefficient (Wildman–Crippen LogP) is 2.94. The standard InChI is InChI=1S/C19H24N2O2/c1-19-15(18(19)23-17-9-5-6-10-22-17)13-21(16(19)11-20)12-14-7-3-2-4-8-14/h2-4,7-8,15-18H,5-6,9-10,12-13H2,1H3. The summed E-state index contributed by atoms with van der Waals surface area (Å²) >= 11 is 0. The Kier molecular flexibility index (Phi) is 3.88. The normalized spacial score (nSPS) is 39.7. The summed E-state index contributed by atoms with van der Waals surface area (Å²) in [7, 11) is 0. The Bertz CT molecular complexity index is 593. The molecule has 5 unspecified atom stereocenters. The molecular weight excluding hydrogens is 288 g/mol. The molecule has 0 aromatic heterocycles. The molecule has 23 heavy (non-hydrogen) atoms. The molecule has 5 atom stereocenters. The van der Waals surface area contributed by atoms with Gasteiger partial charge in [0.05, 0.1) is 12.2 Å². The molecule has 3 aliphatic rings. The number of hydrogen-bond acceptors (Lipinski definition) is 4. The largest absolute Gasteiger partial charge is 0.353 e. The van der Waals surface area contributed by atoms with E-state index in [9.17, 15) is 5.26 Å². The summed E-state index contributed by atoms with van der Waals surface area (Å²) in [5.74, 6) is 0.460. The van der Waals surface area contributed by atoms with Crippen molar-refractivity contribution in [2.45, 2.75) is 51.2 Å². The Hall–Kier alpha value is -1.41. The second-order valence-electron chi connectivity index (χ2n) is 7.27. The maximum Gasteiger partial charge on any atom is 0.157 e. The third kappa shape index (κ3) is 2.57. The Morgan fingerprint density at radius 3 is 2.87 bits per heavy atom. The molecule has 122 valence electrons. The van der Waals surface area contributed by atoms with Crippen LogP contribution in [0.1, 0.15) is 31.7 Å². The van der Waals surface area contributed by atoms with Gasteiger partial charge in [-0.2, -0.15) is 5.26 Å². The van der Waals surface area contributed by atoms with Crippen molar-refractivity contribution in [1.82, 2.24) is 4.90 Å². The number of benzene rings is 1. The van der Waals surface area contributed by atoms with E-state index in [0.717, 1.165) is 32.5 Å². The van der Waals surface area contributed by atoms with Crippen molar-refractivity contribution in [1.29, 1.82) is 5.26 Å². The van der Waals surface area contributed by atoms with Gasteiger partial charge < -0.3 is 9.47 Å². The van der Waals surface area contributed by atoms with E-state index < -0.39 is 0 Å². The quantitative estimate of drug-likeness (QED) is 0.857. The van der Waals surface area contributed by atoms with Crippen LogP contribution in [0.15, 0.2) is 30.3 Å². The first-order valence-electron chi connectivity index (χ1n) is 8.68. The smallest absolute Gasteiger partial charge is 0.157 e. The Morgan fingerprint density at radius 2 is 2.17 bits per heavy atom. The molecule has 3 fully saturated rings. The zero-order valence-corrected chi connectivity index (χ0v) is 13.6. The number of likely N-dealkylation sites (tertiary alicyclic amines) is 1. The monoisotopic (exact) mass is 312 g/mol. The molecule has 4 nitrogen and oxygen atoms in total. The molecule has 1 aromatic rings. The first kappa shape index (κ1) is 15.1. The maximum absolute atomic E-state index is 9.72. The van der Waals surface area contributed by atoms with Gasteiger partial charge >= 0.3 is 0 Å². The number of nitrogens with zero attached hydrogens (tertiary/aromatic N) is 2. The first-order chi connectivity index (χ1) is 11.2. The summed E-state index contributed by atoms with van der Waals surface area (Å²) in [6.45, 7) is 4.81. The molecule has 0 radical (unpaired) electrons. The number of rotatable bonds is 4. The van der Waals surface area contributed by atoms with E-state index >= 15 is 0 Å². The number of ether oxygens (including phenoxy) is 2. The molecule has 1 saturated carbocycles. The minimum absolute atomic E-state index is 0.0374. The van der Waals surface area contributed by atoms with Crippen LogP contribution in [-0.4, -0.2) is 36.5 Å². The molecule has 0 bridgehead atoms. The van der Waals surface area contributed by atoms with Gasteiger partial charge in [-0.05, 0) is 24.8 Å². The van der Waals surface area contributed by atoms with E-state index in [4.69, 9.17) is 9.47 Å². The molecule has 1 aliphatic carbocycles. The lowest BCUT2D eigenvalue weighted by Crippen LogP contribution is -2.39. The third-order valence-electron chi connectivity index (χ3n) is 5.84. The lowest BCUT2D eigenvalue weighted by atomic mass is 9.99. The van der Waals surface area contributed by atoms with Crippen LogP contribution in [-0.2, 0) is 16.0 Å². The van der Waals surface area contributed by atoms with Crippen LogP contribution < -0.4 is 0 Å². The van der Waals surface area contributed by atoms with E-state index in [1.165, 1.54) is 12.0 Å². The van der Waals surface area contributed by atoms with Gasteiger partial charge in [-0.1, -0.05) is 37.3 Å². The SMILES string of the molecule is CC12C(CN(Cc3ccccc3)C1C#N)C2OC1CCCCO1. The second-order valence-corrected chi connectivity index (χ2v) is 7.27. The van der Waals surface area contributed by atoms with Crippen molar-refractivity contribution in [2.75, 3.05) is 13.2 Å². The van der Waals surface area contributed by atoms with Gasteiger partial charge in [-0.25, -0.2) is 0 Å². The summed E-state index contributed by atoms with van der Waals surface area (Å²) in [5.41, 5.74) is 1.23. The van der Waals surface area contributed by atoms with E-state index in [0.29, 0.717) is 5.92 Å². The molecule has 0 amide bonds. The fourth-order valence-electron chi connectivity index (χ4n) is 4.40. The molecule has 2 aliphatic heterocycles. The van der Waals surface area contributed by atoms with Crippen LogP contribution in [0.25, 0.3) is 0 Å². The van der Waals surface area contributed by atoms with Gasteiger partial charge in [-0.15, -0.1) is 0 Å². The fraction of sp³-hybridized carbons (Fsp3) is 0.632. The Morgan fingerprint density at radius 1 is 1.35 bits per heavy atom. The van der Waals surface area contributed by atoms with Gasteiger partial charge in [-0.3, -0.25) is 4.90 Å². The first-order valence-corrected chi connectivity index (χ1v) is 8.68. The molecule has 4 heteroatoms. The van der Waals surface area contributed by atoms with Crippen LogP contribution >= 0.6 is 0 Å². The summed E-state index contributed by atoms with van der Waals surface area (Å²) < 4.78 is 11.9. The van der Waals surface area contributed by atoms with Crippen molar-refractivity contribution in [3.63, 3.8) is 0 Å². The topological polar surface area (TPSA) is 45.5 Å². The van der Waals surface area contributed by atoms with Gasteiger partial charge in [0.1, 0.15) is 6.04 Å². The van der Waals surface area contributed by atoms with Gasteiger partial charge in [0.25, 0.3) is 0 Å². The molecule has 0 spiro atoms. The van der Waals surface area contributed by atoms with Crippen LogP contribution in [0.5, 0.6) is 0 Å². The number of fused-ring (bicyclic) bond motifs is 1. The van der Waals surface area contributed by atoms with Crippen molar-refractivity contribution in [3.8, 4) is 6.07 Å². The summed E-state index contributed by atoms with van der Waals surface area (Å²) in [6.07, 6.45) is 3.43. The maximum atomic E-state index is 9.72. The molecule has 4 rings (SSSR count). The van der Waals surface area contributed by atoms with Crippen LogP contribution in [0.3, 0.4) is 0 Å². The number of nitriles is 1. The van der Waals surface area contributed by atoms with Crippen LogP contribution in [0.4, 0.5) is 0 Å². The average molecular weight is 312 g/mol. The summed E-state index contributed by atoms with van der Waals surface area (Å²) in [5, 5.41) is 9.72. The fourth-order valence-corrected chi connectivity index (χ4v) is 4.40.